The Morgan fingerprint density at radius 1 is 0.667 bits per heavy atom. The van der Waals surface area contributed by atoms with Crippen molar-refractivity contribution in [1.29, 1.82) is 0 Å². The molecular formula is C24H30. The van der Waals surface area contributed by atoms with E-state index < -0.39 is 0 Å². The third-order valence-electron chi connectivity index (χ3n) is 6.79. The van der Waals surface area contributed by atoms with E-state index in [-0.39, 0.29) is 5.41 Å². The molecule has 1 saturated carbocycles. The quantitative estimate of drug-likeness (QED) is 0.599. The summed E-state index contributed by atoms with van der Waals surface area (Å²) < 4.78 is 0. The number of fused-ring (bicyclic) bond motifs is 1. The molecule has 2 aromatic rings. The standard InChI is InChI=1S/C24H30/c1-17-15-20-21(23(4,5)12-11-22(20,2)3)16-19(17)24(13-14-24)18-9-7-6-8-10-18/h6-10,15-16H,11-14H2,1-5H3. The molecule has 2 aliphatic carbocycles. The van der Waals surface area contributed by atoms with Crippen molar-refractivity contribution in [3.8, 4) is 0 Å². The number of hydrogen-bond donors (Lipinski definition) is 0. The van der Waals surface area contributed by atoms with Crippen molar-refractivity contribution in [3.05, 3.63) is 70.3 Å². The first-order valence-electron chi connectivity index (χ1n) is 9.48. The Labute approximate surface area is 147 Å². The third kappa shape index (κ3) is 2.26. The normalized spacial score (nSPS) is 22.7. The third-order valence-corrected chi connectivity index (χ3v) is 6.79. The van der Waals surface area contributed by atoms with Crippen LogP contribution < -0.4 is 0 Å². The van der Waals surface area contributed by atoms with Crippen LogP contribution in [0.25, 0.3) is 0 Å². The summed E-state index contributed by atoms with van der Waals surface area (Å²) in [5.41, 5.74) is 8.63. The maximum Gasteiger partial charge on any atom is 0.0206 e. The van der Waals surface area contributed by atoms with Gasteiger partial charge in [-0.1, -0.05) is 70.2 Å². The molecule has 0 radical (unpaired) electrons. The highest BCUT2D eigenvalue weighted by molar-refractivity contribution is 5.54. The first kappa shape index (κ1) is 15.9. The monoisotopic (exact) mass is 318 g/mol. The van der Waals surface area contributed by atoms with E-state index in [4.69, 9.17) is 0 Å². The van der Waals surface area contributed by atoms with Crippen LogP contribution in [-0.2, 0) is 16.2 Å². The minimum Gasteiger partial charge on any atom is -0.0622 e. The SMILES string of the molecule is Cc1cc2c(cc1C1(c3ccccc3)CC1)C(C)(C)CCC2(C)C. The fourth-order valence-corrected chi connectivity index (χ4v) is 4.83. The fourth-order valence-electron chi connectivity index (χ4n) is 4.83. The molecule has 126 valence electrons. The largest absolute Gasteiger partial charge is 0.0622 e. The van der Waals surface area contributed by atoms with E-state index in [1.165, 1.54) is 36.8 Å². The van der Waals surface area contributed by atoms with Crippen LogP contribution in [0, 0.1) is 6.92 Å². The van der Waals surface area contributed by atoms with Crippen molar-refractivity contribution in [2.75, 3.05) is 0 Å². The molecule has 2 aliphatic rings. The highest BCUT2D eigenvalue weighted by Crippen LogP contribution is 2.56. The van der Waals surface area contributed by atoms with Crippen LogP contribution in [0.1, 0.15) is 81.2 Å². The van der Waals surface area contributed by atoms with E-state index in [0.29, 0.717) is 10.8 Å². The van der Waals surface area contributed by atoms with Crippen molar-refractivity contribution in [1.82, 2.24) is 0 Å². The van der Waals surface area contributed by atoms with Gasteiger partial charge in [0.15, 0.2) is 0 Å². The van der Waals surface area contributed by atoms with Crippen LogP contribution in [0.5, 0.6) is 0 Å². The minimum atomic E-state index is 0.276. The van der Waals surface area contributed by atoms with Crippen LogP contribution in [-0.4, -0.2) is 0 Å². The fraction of sp³-hybridized carbons (Fsp3) is 0.500. The van der Waals surface area contributed by atoms with Crippen LogP contribution >= 0.6 is 0 Å². The molecule has 0 saturated heterocycles. The van der Waals surface area contributed by atoms with Crippen molar-refractivity contribution < 1.29 is 0 Å². The van der Waals surface area contributed by atoms with Crippen LogP contribution in [0.15, 0.2) is 42.5 Å². The Morgan fingerprint density at radius 3 is 1.75 bits per heavy atom. The van der Waals surface area contributed by atoms with Crippen molar-refractivity contribution in [3.63, 3.8) is 0 Å². The number of aryl methyl sites for hydroxylation is 1. The second kappa shape index (κ2) is 4.97. The average Bonchev–Trinajstić information content (AvgIpc) is 3.34. The molecule has 24 heavy (non-hydrogen) atoms. The van der Waals surface area contributed by atoms with E-state index in [0.717, 1.165) is 0 Å². The molecule has 0 bridgehead atoms. The summed E-state index contributed by atoms with van der Waals surface area (Å²) in [6.07, 6.45) is 5.16. The first-order chi connectivity index (χ1) is 11.3. The molecule has 0 nitrogen and oxygen atoms in total. The smallest absolute Gasteiger partial charge is 0.0206 e. The van der Waals surface area contributed by atoms with E-state index in [1.807, 2.05) is 0 Å². The first-order valence-corrected chi connectivity index (χ1v) is 9.48. The van der Waals surface area contributed by atoms with E-state index in [1.54, 1.807) is 16.7 Å². The second-order valence-corrected chi connectivity index (χ2v) is 9.43. The maximum atomic E-state index is 2.59. The number of benzene rings is 2. The van der Waals surface area contributed by atoms with Gasteiger partial charge in [0.1, 0.15) is 0 Å². The Bertz CT molecular complexity index is 773. The van der Waals surface area contributed by atoms with Gasteiger partial charge < -0.3 is 0 Å². The lowest BCUT2D eigenvalue weighted by Gasteiger charge is -2.43. The van der Waals surface area contributed by atoms with E-state index in [2.05, 4.69) is 77.1 Å². The summed E-state index contributed by atoms with van der Waals surface area (Å²) in [5, 5.41) is 0. The zero-order valence-corrected chi connectivity index (χ0v) is 15.9. The lowest BCUT2D eigenvalue weighted by Crippen LogP contribution is -2.34. The molecule has 0 aromatic heterocycles. The molecule has 4 rings (SSSR count). The van der Waals surface area contributed by atoms with E-state index in [9.17, 15) is 0 Å². The molecule has 0 heteroatoms. The summed E-state index contributed by atoms with van der Waals surface area (Å²) in [4.78, 5) is 0. The topological polar surface area (TPSA) is 0 Å². The molecule has 2 aromatic carbocycles. The minimum absolute atomic E-state index is 0.276. The van der Waals surface area contributed by atoms with Gasteiger partial charge in [0.25, 0.3) is 0 Å². The molecule has 0 N–H and O–H groups in total. The molecular weight excluding hydrogens is 288 g/mol. The molecule has 0 amide bonds. The summed E-state index contributed by atoms with van der Waals surface area (Å²) in [6.45, 7) is 12.0. The number of rotatable bonds is 2. The molecule has 1 fully saturated rings. The van der Waals surface area contributed by atoms with Gasteiger partial charge in [-0.25, -0.2) is 0 Å². The summed E-state index contributed by atoms with van der Waals surface area (Å²) in [7, 11) is 0. The van der Waals surface area contributed by atoms with Crippen molar-refractivity contribution >= 4 is 0 Å². The zero-order valence-electron chi connectivity index (χ0n) is 15.9. The van der Waals surface area contributed by atoms with Gasteiger partial charge in [-0.15, -0.1) is 0 Å². The van der Waals surface area contributed by atoms with E-state index >= 15 is 0 Å². The summed E-state index contributed by atoms with van der Waals surface area (Å²) in [5.74, 6) is 0. The van der Waals surface area contributed by atoms with Gasteiger partial charge in [0.2, 0.25) is 0 Å². The average molecular weight is 319 g/mol. The Balaban J connectivity index is 1.91. The van der Waals surface area contributed by atoms with Crippen LogP contribution in [0.2, 0.25) is 0 Å². The molecule has 0 heterocycles. The Morgan fingerprint density at radius 2 is 1.21 bits per heavy atom. The molecule has 0 aliphatic heterocycles. The highest BCUT2D eigenvalue weighted by atomic mass is 14.5. The molecule has 0 unspecified atom stereocenters. The van der Waals surface area contributed by atoms with Gasteiger partial charge in [-0.05, 0) is 71.3 Å². The van der Waals surface area contributed by atoms with Gasteiger partial charge in [0, 0.05) is 5.41 Å². The Hall–Kier alpha value is -1.56. The molecule has 0 spiro atoms. The predicted octanol–water partition coefficient (Wildman–Crippen LogP) is 6.42. The van der Waals surface area contributed by atoms with Crippen molar-refractivity contribution in [2.45, 2.75) is 76.5 Å². The summed E-state index contributed by atoms with van der Waals surface area (Å²) >= 11 is 0. The number of hydrogen-bond acceptors (Lipinski definition) is 0. The predicted molar refractivity (Wildman–Crippen MR) is 103 cm³/mol. The highest BCUT2D eigenvalue weighted by Gasteiger charge is 2.48. The lowest BCUT2D eigenvalue weighted by molar-refractivity contribution is 0.331. The van der Waals surface area contributed by atoms with Gasteiger partial charge in [-0.3, -0.25) is 0 Å². The van der Waals surface area contributed by atoms with Gasteiger partial charge in [0.05, 0.1) is 0 Å². The molecule has 0 atom stereocenters. The second-order valence-electron chi connectivity index (χ2n) is 9.43. The van der Waals surface area contributed by atoms with Gasteiger partial charge in [-0.2, -0.15) is 0 Å². The summed E-state index contributed by atoms with van der Waals surface area (Å²) in [6, 6.07) is 16.3. The van der Waals surface area contributed by atoms with Gasteiger partial charge >= 0.3 is 0 Å². The maximum absolute atomic E-state index is 2.59. The lowest BCUT2D eigenvalue weighted by atomic mass is 9.62. The van der Waals surface area contributed by atoms with Crippen LogP contribution in [0.3, 0.4) is 0 Å². The van der Waals surface area contributed by atoms with Crippen LogP contribution in [0.4, 0.5) is 0 Å². The van der Waals surface area contributed by atoms with Crippen molar-refractivity contribution in [2.24, 2.45) is 0 Å². The zero-order chi connectivity index (χ0) is 17.2. The Kier molecular flexibility index (Phi) is 3.30.